The van der Waals surface area contributed by atoms with Crippen LogP contribution in [0.2, 0.25) is 5.02 Å². The van der Waals surface area contributed by atoms with Crippen molar-refractivity contribution in [1.29, 1.82) is 0 Å². The highest BCUT2D eigenvalue weighted by Gasteiger charge is 2.23. The Kier molecular flexibility index (Phi) is 3.13. The number of hydrogen-bond donors (Lipinski definition) is 0. The summed E-state index contributed by atoms with van der Waals surface area (Å²) in [6.45, 7) is -3.18. The van der Waals surface area contributed by atoms with Gasteiger partial charge in [0.25, 0.3) is 5.88 Å². The summed E-state index contributed by atoms with van der Waals surface area (Å²) in [7, 11) is 0. The van der Waals surface area contributed by atoms with E-state index in [1.54, 1.807) is 0 Å². The van der Waals surface area contributed by atoms with Gasteiger partial charge < -0.3 is 4.74 Å². The first-order valence-corrected chi connectivity index (χ1v) is 3.64. The molecule has 0 saturated heterocycles. The lowest BCUT2D eigenvalue weighted by atomic mass is 10.4. The molecule has 0 aliphatic rings. The molecule has 8 heteroatoms. The second-order valence-electron chi connectivity index (χ2n) is 2.08. The highest BCUT2D eigenvalue weighted by atomic mass is 35.5. The lowest BCUT2D eigenvalue weighted by Gasteiger charge is -2.03. The highest BCUT2D eigenvalue weighted by Crippen LogP contribution is 2.32. The molecule has 1 aromatic rings. The standard InChI is InChI=1S/C6H3ClF2N2O3/c7-3-1-2-10-5(14-6(8)9)4(3)11(12)13/h1-2,6H. The Labute approximate surface area is 81.4 Å². The number of ether oxygens (including phenoxy) is 1. The van der Waals surface area contributed by atoms with Gasteiger partial charge in [-0.2, -0.15) is 8.78 Å². The maximum absolute atomic E-state index is 11.8. The third-order valence-corrected chi connectivity index (χ3v) is 1.53. The molecule has 0 aliphatic heterocycles. The number of rotatable bonds is 3. The fraction of sp³-hybridized carbons (Fsp3) is 0.167. The average molecular weight is 225 g/mol. The summed E-state index contributed by atoms with van der Waals surface area (Å²) in [4.78, 5) is 12.7. The first-order chi connectivity index (χ1) is 6.52. The SMILES string of the molecule is O=[N+]([O-])c1c(Cl)ccnc1OC(F)F. The molecule has 0 amide bonds. The topological polar surface area (TPSA) is 65.3 Å². The number of nitro groups is 1. The van der Waals surface area contributed by atoms with Crippen LogP contribution in [0.1, 0.15) is 0 Å². The molecule has 76 valence electrons. The van der Waals surface area contributed by atoms with Gasteiger partial charge in [-0.25, -0.2) is 4.98 Å². The molecule has 0 fully saturated rings. The smallest absolute Gasteiger partial charge is 0.388 e. The Morgan fingerprint density at radius 2 is 2.29 bits per heavy atom. The average Bonchev–Trinajstić information content (AvgIpc) is 2.01. The number of hydrogen-bond acceptors (Lipinski definition) is 4. The van der Waals surface area contributed by atoms with E-state index in [0.29, 0.717) is 0 Å². The molecule has 0 radical (unpaired) electrons. The molecule has 0 aromatic carbocycles. The normalized spacial score (nSPS) is 10.3. The minimum atomic E-state index is -3.18. The molecule has 14 heavy (non-hydrogen) atoms. The van der Waals surface area contributed by atoms with Crippen molar-refractivity contribution >= 4 is 17.3 Å². The number of alkyl halides is 2. The fourth-order valence-electron chi connectivity index (χ4n) is 0.749. The summed E-state index contributed by atoms with van der Waals surface area (Å²) >= 11 is 5.40. The van der Waals surface area contributed by atoms with Crippen molar-refractivity contribution in [2.75, 3.05) is 0 Å². The van der Waals surface area contributed by atoms with Crippen LogP contribution in [0.5, 0.6) is 5.88 Å². The van der Waals surface area contributed by atoms with Gasteiger partial charge in [-0.05, 0) is 6.07 Å². The minimum Gasteiger partial charge on any atom is -0.411 e. The van der Waals surface area contributed by atoms with E-state index in [2.05, 4.69) is 9.72 Å². The Bertz CT molecular complexity index is 361. The van der Waals surface area contributed by atoms with E-state index in [1.165, 1.54) is 0 Å². The molecule has 0 aliphatic carbocycles. The molecule has 0 unspecified atom stereocenters. The van der Waals surface area contributed by atoms with Crippen LogP contribution in [0.25, 0.3) is 0 Å². The molecular formula is C6H3ClF2N2O3. The van der Waals surface area contributed by atoms with Gasteiger partial charge >= 0.3 is 12.3 Å². The van der Waals surface area contributed by atoms with Crippen LogP contribution >= 0.6 is 11.6 Å². The third kappa shape index (κ3) is 2.25. The van der Waals surface area contributed by atoms with Crippen molar-refractivity contribution in [3.05, 3.63) is 27.4 Å². The number of aromatic nitrogens is 1. The summed E-state index contributed by atoms with van der Waals surface area (Å²) in [5.41, 5.74) is -0.769. The Hall–Kier alpha value is -1.50. The largest absolute Gasteiger partial charge is 0.411 e. The van der Waals surface area contributed by atoms with Crippen molar-refractivity contribution < 1.29 is 18.4 Å². The van der Waals surface area contributed by atoms with Crippen molar-refractivity contribution in [2.24, 2.45) is 0 Å². The van der Waals surface area contributed by atoms with Gasteiger partial charge in [-0.3, -0.25) is 10.1 Å². The predicted octanol–water partition coefficient (Wildman–Crippen LogP) is 2.24. The molecular weight excluding hydrogens is 222 g/mol. The maximum Gasteiger partial charge on any atom is 0.388 e. The van der Waals surface area contributed by atoms with Crippen LogP contribution in [0.15, 0.2) is 12.3 Å². The summed E-state index contributed by atoms with van der Waals surface area (Å²) in [5, 5.41) is 10.1. The van der Waals surface area contributed by atoms with E-state index in [9.17, 15) is 18.9 Å². The summed E-state index contributed by atoms with van der Waals surface area (Å²) in [6, 6.07) is 1.11. The Morgan fingerprint density at radius 3 is 2.79 bits per heavy atom. The van der Waals surface area contributed by atoms with Crippen molar-refractivity contribution in [1.82, 2.24) is 4.98 Å². The van der Waals surface area contributed by atoms with Crippen LogP contribution < -0.4 is 4.74 Å². The molecule has 1 aromatic heterocycles. The zero-order valence-corrected chi connectivity index (χ0v) is 7.24. The van der Waals surface area contributed by atoms with Gasteiger partial charge in [-0.15, -0.1) is 0 Å². The van der Waals surface area contributed by atoms with Crippen LogP contribution in [-0.4, -0.2) is 16.5 Å². The molecule has 5 nitrogen and oxygen atoms in total. The predicted molar refractivity (Wildman–Crippen MR) is 42.5 cm³/mol. The van der Waals surface area contributed by atoms with Gasteiger partial charge in [0, 0.05) is 6.20 Å². The van der Waals surface area contributed by atoms with Gasteiger partial charge in [-0.1, -0.05) is 11.6 Å². The van der Waals surface area contributed by atoms with E-state index in [-0.39, 0.29) is 5.02 Å². The number of pyridine rings is 1. The monoisotopic (exact) mass is 224 g/mol. The fourth-order valence-corrected chi connectivity index (χ4v) is 0.955. The summed E-state index contributed by atoms with van der Waals surface area (Å²) in [6.07, 6.45) is 1.03. The van der Waals surface area contributed by atoms with Crippen LogP contribution in [0.3, 0.4) is 0 Å². The Balaban J connectivity index is 3.14. The van der Waals surface area contributed by atoms with Crippen molar-refractivity contribution in [3.63, 3.8) is 0 Å². The van der Waals surface area contributed by atoms with Gasteiger partial charge in [0.15, 0.2) is 0 Å². The van der Waals surface area contributed by atoms with Crippen LogP contribution in [-0.2, 0) is 0 Å². The van der Waals surface area contributed by atoms with Crippen LogP contribution in [0.4, 0.5) is 14.5 Å². The zero-order chi connectivity index (χ0) is 10.7. The molecule has 0 atom stereocenters. The molecule has 1 heterocycles. The van der Waals surface area contributed by atoms with Gasteiger partial charge in [0.2, 0.25) is 0 Å². The number of nitrogens with zero attached hydrogens (tertiary/aromatic N) is 2. The minimum absolute atomic E-state index is 0.305. The molecule has 0 bridgehead atoms. The third-order valence-electron chi connectivity index (χ3n) is 1.22. The molecule has 0 spiro atoms. The Morgan fingerprint density at radius 1 is 1.64 bits per heavy atom. The van der Waals surface area contributed by atoms with Gasteiger partial charge in [0.1, 0.15) is 5.02 Å². The van der Waals surface area contributed by atoms with Crippen molar-refractivity contribution in [3.8, 4) is 5.88 Å². The van der Waals surface area contributed by atoms with Crippen LogP contribution in [0, 0.1) is 10.1 Å². The first kappa shape index (κ1) is 10.6. The maximum atomic E-state index is 11.8. The lowest BCUT2D eigenvalue weighted by molar-refractivity contribution is -0.386. The van der Waals surface area contributed by atoms with E-state index in [0.717, 1.165) is 12.3 Å². The highest BCUT2D eigenvalue weighted by molar-refractivity contribution is 6.32. The van der Waals surface area contributed by atoms with Gasteiger partial charge in [0.05, 0.1) is 4.92 Å². The van der Waals surface area contributed by atoms with E-state index >= 15 is 0 Å². The number of halogens is 3. The lowest BCUT2D eigenvalue weighted by Crippen LogP contribution is -2.06. The molecule has 0 N–H and O–H groups in total. The molecule has 1 rings (SSSR count). The summed E-state index contributed by atoms with van der Waals surface area (Å²) < 4.78 is 27.4. The second-order valence-corrected chi connectivity index (χ2v) is 2.49. The first-order valence-electron chi connectivity index (χ1n) is 3.26. The zero-order valence-electron chi connectivity index (χ0n) is 6.49. The summed E-state index contributed by atoms with van der Waals surface area (Å²) in [5.74, 6) is -0.794. The van der Waals surface area contributed by atoms with E-state index < -0.39 is 23.1 Å². The second kappa shape index (κ2) is 4.14. The molecule has 0 saturated carbocycles. The van der Waals surface area contributed by atoms with E-state index in [1.807, 2.05) is 0 Å². The van der Waals surface area contributed by atoms with Crippen molar-refractivity contribution in [2.45, 2.75) is 6.61 Å². The quantitative estimate of drug-likeness (QED) is 0.583. The van der Waals surface area contributed by atoms with E-state index in [4.69, 9.17) is 11.6 Å².